The third-order valence-electron chi connectivity index (χ3n) is 3.11. The van der Waals surface area contributed by atoms with Crippen LogP contribution < -0.4 is 0 Å². The van der Waals surface area contributed by atoms with E-state index in [-0.39, 0.29) is 10.9 Å². The van der Waals surface area contributed by atoms with E-state index in [1.165, 1.54) is 15.6 Å². The Morgan fingerprint density at radius 2 is 2.11 bits per heavy atom. The summed E-state index contributed by atoms with van der Waals surface area (Å²) in [5.41, 5.74) is 0.391. The molecule has 0 amide bonds. The monoisotopic (exact) mass is 300 g/mol. The van der Waals surface area contributed by atoms with E-state index in [1.54, 1.807) is 20.9 Å². The Hall–Kier alpha value is -1.18. The van der Waals surface area contributed by atoms with E-state index in [1.807, 2.05) is 24.4 Å². The van der Waals surface area contributed by atoms with E-state index in [9.17, 15) is 8.42 Å². The summed E-state index contributed by atoms with van der Waals surface area (Å²) in [5.74, 6) is 0.322. The maximum atomic E-state index is 12.6. The quantitative estimate of drug-likeness (QED) is 0.871. The van der Waals surface area contributed by atoms with Crippen molar-refractivity contribution in [2.24, 2.45) is 0 Å². The highest BCUT2D eigenvalue weighted by molar-refractivity contribution is 7.89. The maximum absolute atomic E-state index is 12.6. The van der Waals surface area contributed by atoms with Crippen LogP contribution in [0.4, 0.5) is 0 Å². The average Bonchev–Trinajstić information content (AvgIpc) is 2.97. The van der Waals surface area contributed by atoms with Crippen LogP contribution in [0.15, 0.2) is 26.9 Å². The van der Waals surface area contributed by atoms with Crippen LogP contribution in [0.5, 0.6) is 0 Å². The minimum absolute atomic E-state index is 0.165. The maximum Gasteiger partial charge on any atom is 0.248 e. The summed E-state index contributed by atoms with van der Waals surface area (Å²) in [7, 11) is -2.02. The van der Waals surface area contributed by atoms with E-state index < -0.39 is 10.0 Å². The van der Waals surface area contributed by atoms with Gasteiger partial charge >= 0.3 is 0 Å². The fourth-order valence-corrected chi connectivity index (χ4v) is 4.43. The van der Waals surface area contributed by atoms with Crippen molar-refractivity contribution in [1.82, 2.24) is 9.46 Å². The molecule has 0 aliphatic rings. The van der Waals surface area contributed by atoms with Crippen molar-refractivity contribution in [1.29, 1.82) is 0 Å². The van der Waals surface area contributed by atoms with Crippen LogP contribution in [-0.4, -0.2) is 24.9 Å². The molecule has 0 saturated heterocycles. The molecule has 5 nitrogen and oxygen atoms in total. The lowest BCUT2D eigenvalue weighted by Gasteiger charge is -2.23. The lowest BCUT2D eigenvalue weighted by molar-refractivity contribution is 0.386. The SMILES string of the molecule is Cc1noc(C)c1S(=O)(=O)N(C)C(C)c1cccs1. The topological polar surface area (TPSA) is 63.4 Å². The summed E-state index contributed by atoms with van der Waals surface area (Å²) in [6.07, 6.45) is 0. The van der Waals surface area contributed by atoms with Crippen molar-refractivity contribution < 1.29 is 12.9 Å². The summed E-state index contributed by atoms with van der Waals surface area (Å²) < 4.78 is 31.5. The first kappa shape index (κ1) is 14.2. The van der Waals surface area contributed by atoms with Crippen LogP contribution in [0, 0.1) is 13.8 Å². The first-order valence-electron chi connectivity index (χ1n) is 5.80. The predicted molar refractivity (Wildman–Crippen MR) is 73.7 cm³/mol. The molecule has 2 aromatic heterocycles. The number of sulfonamides is 1. The van der Waals surface area contributed by atoms with E-state index in [0.29, 0.717) is 11.5 Å². The van der Waals surface area contributed by atoms with Crippen LogP contribution in [0.1, 0.15) is 29.3 Å². The van der Waals surface area contributed by atoms with Gasteiger partial charge in [0.15, 0.2) is 5.76 Å². The number of rotatable bonds is 4. The minimum atomic E-state index is -3.60. The average molecular weight is 300 g/mol. The van der Waals surface area contributed by atoms with Crippen molar-refractivity contribution in [3.8, 4) is 0 Å². The molecule has 7 heteroatoms. The smallest absolute Gasteiger partial charge is 0.248 e. The van der Waals surface area contributed by atoms with Gasteiger partial charge in [0.05, 0.1) is 6.04 Å². The first-order valence-corrected chi connectivity index (χ1v) is 8.12. The van der Waals surface area contributed by atoms with E-state index >= 15 is 0 Å². The third-order valence-corrected chi connectivity index (χ3v) is 6.32. The van der Waals surface area contributed by atoms with Crippen LogP contribution >= 0.6 is 11.3 Å². The van der Waals surface area contributed by atoms with E-state index in [2.05, 4.69) is 5.16 Å². The van der Waals surface area contributed by atoms with Gasteiger partial charge < -0.3 is 4.52 Å². The van der Waals surface area contributed by atoms with Crippen LogP contribution in [-0.2, 0) is 10.0 Å². The molecule has 0 aromatic carbocycles. The molecule has 0 radical (unpaired) electrons. The Morgan fingerprint density at radius 3 is 2.58 bits per heavy atom. The van der Waals surface area contributed by atoms with Crippen LogP contribution in [0.25, 0.3) is 0 Å². The van der Waals surface area contributed by atoms with Crippen molar-refractivity contribution in [3.63, 3.8) is 0 Å². The molecule has 2 rings (SSSR count). The molecule has 0 spiro atoms. The van der Waals surface area contributed by atoms with E-state index in [4.69, 9.17) is 4.52 Å². The Balaban J connectivity index is 2.40. The molecule has 0 aliphatic heterocycles. The van der Waals surface area contributed by atoms with Gasteiger partial charge in [-0.05, 0) is 32.2 Å². The number of hydrogen-bond donors (Lipinski definition) is 0. The van der Waals surface area contributed by atoms with Gasteiger partial charge in [-0.3, -0.25) is 0 Å². The van der Waals surface area contributed by atoms with Crippen molar-refractivity contribution in [2.45, 2.75) is 31.7 Å². The number of hydrogen-bond acceptors (Lipinski definition) is 5. The number of aryl methyl sites for hydroxylation is 2. The normalized spacial score (nSPS) is 13.9. The number of aromatic nitrogens is 1. The molecule has 0 bridgehead atoms. The molecule has 1 unspecified atom stereocenters. The molecule has 104 valence electrons. The molecule has 0 saturated carbocycles. The number of thiophene rings is 1. The summed E-state index contributed by atoms with van der Waals surface area (Å²) in [5, 5.41) is 5.64. The van der Waals surface area contributed by atoms with Gasteiger partial charge in [-0.1, -0.05) is 11.2 Å². The van der Waals surface area contributed by atoms with Gasteiger partial charge in [-0.15, -0.1) is 11.3 Å². The zero-order valence-electron chi connectivity index (χ0n) is 11.2. The second-order valence-electron chi connectivity index (χ2n) is 4.37. The molecule has 1 atom stereocenters. The number of nitrogens with zero attached hydrogens (tertiary/aromatic N) is 2. The Bertz CT molecular complexity index is 640. The largest absolute Gasteiger partial charge is 0.360 e. The summed E-state index contributed by atoms with van der Waals surface area (Å²) >= 11 is 1.54. The highest BCUT2D eigenvalue weighted by atomic mass is 32.2. The second-order valence-corrected chi connectivity index (χ2v) is 7.28. The predicted octanol–water partition coefficient (Wildman–Crippen LogP) is 2.73. The van der Waals surface area contributed by atoms with Gasteiger partial charge in [-0.25, -0.2) is 8.42 Å². The zero-order chi connectivity index (χ0) is 14.2. The van der Waals surface area contributed by atoms with E-state index in [0.717, 1.165) is 4.88 Å². The molecular weight excluding hydrogens is 284 g/mol. The van der Waals surface area contributed by atoms with Crippen LogP contribution in [0.3, 0.4) is 0 Å². The summed E-state index contributed by atoms with van der Waals surface area (Å²) in [6, 6.07) is 3.61. The van der Waals surface area contributed by atoms with Gasteiger partial charge in [0.2, 0.25) is 10.0 Å². The van der Waals surface area contributed by atoms with Crippen LogP contribution in [0.2, 0.25) is 0 Å². The van der Waals surface area contributed by atoms with Crippen molar-refractivity contribution in [3.05, 3.63) is 33.8 Å². The van der Waals surface area contributed by atoms with Gasteiger partial charge in [0.1, 0.15) is 10.6 Å². The Labute approximate surface area is 116 Å². The standard InChI is InChI=1S/C12H16N2O3S2/c1-8-12(10(3)17-13-8)19(15,16)14(4)9(2)11-6-5-7-18-11/h5-7,9H,1-4H3. The second kappa shape index (κ2) is 5.07. The minimum Gasteiger partial charge on any atom is -0.360 e. The Kier molecular flexibility index (Phi) is 3.80. The summed E-state index contributed by atoms with van der Waals surface area (Å²) in [6.45, 7) is 5.10. The molecular formula is C12H16N2O3S2. The highest BCUT2D eigenvalue weighted by Crippen LogP contribution is 2.30. The zero-order valence-corrected chi connectivity index (χ0v) is 12.9. The Morgan fingerprint density at radius 1 is 1.42 bits per heavy atom. The highest BCUT2D eigenvalue weighted by Gasteiger charge is 2.32. The fourth-order valence-electron chi connectivity index (χ4n) is 1.90. The van der Waals surface area contributed by atoms with Crippen molar-refractivity contribution >= 4 is 21.4 Å². The van der Waals surface area contributed by atoms with Gasteiger partial charge in [-0.2, -0.15) is 4.31 Å². The summed E-state index contributed by atoms with van der Waals surface area (Å²) in [4.78, 5) is 1.16. The lowest BCUT2D eigenvalue weighted by Crippen LogP contribution is -2.30. The molecule has 2 heterocycles. The molecule has 2 aromatic rings. The lowest BCUT2D eigenvalue weighted by atomic mass is 10.3. The molecule has 0 fully saturated rings. The molecule has 0 aliphatic carbocycles. The first-order chi connectivity index (χ1) is 8.85. The fraction of sp³-hybridized carbons (Fsp3) is 0.417. The van der Waals surface area contributed by atoms with Gasteiger partial charge in [0, 0.05) is 11.9 Å². The third kappa shape index (κ3) is 2.45. The molecule has 19 heavy (non-hydrogen) atoms. The molecule has 0 N–H and O–H groups in total. The van der Waals surface area contributed by atoms with Crippen molar-refractivity contribution in [2.75, 3.05) is 7.05 Å². The van der Waals surface area contributed by atoms with Gasteiger partial charge in [0.25, 0.3) is 0 Å².